The molecule has 5 nitrogen and oxygen atoms in total. The van der Waals surface area contributed by atoms with Gasteiger partial charge in [0, 0.05) is 25.9 Å². The average molecular weight is 382 g/mol. The van der Waals surface area contributed by atoms with E-state index < -0.39 is 0 Å². The predicted molar refractivity (Wildman–Crippen MR) is 112 cm³/mol. The van der Waals surface area contributed by atoms with Crippen LogP contribution < -0.4 is 5.69 Å². The summed E-state index contributed by atoms with van der Waals surface area (Å²) >= 11 is 0. The molecule has 1 saturated carbocycles. The highest BCUT2D eigenvalue weighted by Crippen LogP contribution is 2.36. The summed E-state index contributed by atoms with van der Waals surface area (Å²) in [5.41, 5.74) is 3.87. The van der Waals surface area contributed by atoms with Crippen LogP contribution in [0.25, 0.3) is 16.7 Å². The normalized spacial score (nSPS) is 20.4. The molecule has 1 fully saturated rings. The molecule has 1 unspecified atom stereocenters. The first kappa shape index (κ1) is 19.2. The van der Waals surface area contributed by atoms with Crippen molar-refractivity contribution in [2.45, 2.75) is 65.8 Å². The van der Waals surface area contributed by atoms with Gasteiger partial charge in [0.15, 0.2) is 5.65 Å². The average Bonchev–Trinajstić information content (AvgIpc) is 3.47. The second-order valence-corrected chi connectivity index (χ2v) is 9.84. The van der Waals surface area contributed by atoms with Gasteiger partial charge in [-0.3, -0.25) is 13.9 Å². The van der Waals surface area contributed by atoms with E-state index in [2.05, 4.69) is 26.8 Å². The quantitative estimate of drug-likeness (QED) is 0.774. The van der Waals surface area contributed by atoms with Crippen LogP contribution in [0.2, 0.25) is 0 Å². The number of Topliss-reactive ketones (excluding diaryl/α,β-unsaturated/α-hetero) is 1. The number of aryl methyl sites for hydroxylation is 1. The number of pyridine rings is 1. The maximum Gasteiger partial charge on any atom is 0.330 e. The van der Waals surface area contributed by atoms with Crippen molar-refractivity contribution in [3.05, 3.63) is 34.4 Å². The summed E-state index contributed by atoms with van der Waals surface area (Å²) in [7, 11) is 1.80. The van der Waals surface area contributed by atoms with Gasteiger partial charge in [0.1, 0.15) is 5.78 Å². The Bertz CT molecular complexity index is 999. The lowest BCUT2D eigenvalue weighted by atomic mass is 9.84. The van der Waals surface area contributed by atoms with Gasteiger partial charge in [-0.15, -0.1) is 0 Å². The monoisotopic (exact) mass is 381 g/mol. The minimum atomic E-state index is -0.00847. The number of fused-ring (bicyclic) bond motifs is 1. The van der Waals surface area contributed by atoms with Crippen LogP contribution in [0, 0.1) is 17.3 Å². The number of carbonyl (C=O) groups excluding carboxylic acids is 1. The first-order valence-corrected chi connectivity index (χ1v) is 10.5. The first-order chi connectivity index (χ1) is 13.2. The fourth-order valence-electron chi connectivity index (χ4n) is 4.24. The van der Waals surface area contributed by atoms with Gasteiger partial charge in [-0.05, 0) is 61.1 Å². The van der Waals surface area contributed by atoms with Gasteiger partial charge in [0.2, 0.25) is 0 Å². The molecule has 0 aliphatic heterocycles. The molecule has 150 valence electrons. The molecule has 0 saturated heterocycles. The third kappa shape index (κ3) is 3.85. The second kappa shape index (κ2) is 7.02. The summed E-state index contributed by atoms with van der Waals surface area (Å²) in [6.45, 7) is 7.08. The maximum absolute atomic E-state index is 12.7. The molecule has 2 aromatic rings. The molecular weight excluding hydrogens is 350 g/mol. The lowest BCUT2D eigenvalue weighted by Gasteiger charge is -2.21. The fourth-order valence-corrected chi connectivity index (χ4v) is 4.24. The SMILES string of the molecule is Cn1c(=O)n(CC(C)(C)C)c2ccc(C3=CCC(CC(=O)C4CC4)CC3)nc21. The summed E-state index contributed by atoms with van der Waals surface area (Å²) in [4.78, 5) is 29.6. The minimum absolute atomic E-state index is 0.00847. The fraction of sp³-hybridized carbons (Fsp3) is 0.609. The number of imidazole rings is 1. The van der Waals surface area contributed by atoms with Crippen molar-refractivity contribution < 1.29 is 4.79 Å². The van der Waals surface area contributed by atoms with Crippen LogP contribution in [0.15, 0.2) is 23.0 Å². The largest absolute Gasteiger partial charge is 0.330 e. The molecule has 5 heteroatoms. The van der Waals surface area contributed by atoms with Crippen LogP contribution in [0.3, 0.4) is 0 Å². The Morgan fingerprint density at radius 2 is 1.96 bits per heavy atom. The van der Waals surface area contributed by atoms with Crippen molar-refractivity contribution in [1.29, 1.82) is 0 Å². The first-order valence-electron chi connectivity index (χ1n) is 10.5. The van der Waals surface area contributed by atoms with Crippen molar-refractivity contribution in [2.24, 2.45) is 24.3 Å². The van der Waals surface area contributed by atoms with Crippen LogP contribution in [0.4, 0.5) is 0 Å². The Balaban J connectivity index is 1.57. The van der Waals surface area contributed by atoms with Crippen LogP contribution in [-0.2, 0) is 18.4 Å². The Morgan fingerprint density at radius 1 is 1.21 bits per heavy atom. The molecule has 28 heavy (non-hydrogen) atoms. The molecule has 0 radical (unpaired) electrons. The molecule has 2 aromatic heterocycles. The van der Waals surface area contributed by atoms with E-state index >= 15 is 0 Å². The third-order valence-electron chi connectivity index (χ3n) is 5.98. The number of ketones is 1. The smallest absolute Gasteiger partial charge is 0.299 e. The number of nitrogens with zero attached hydrogens (tertiary/aromatic N) is 3. The molecule has 4 rings (SSSR count). The number of aromatic nitrogens is 3. The predicted octanol–water partition coefficient (Wildman–Crippen LogP) is 4.33. The zero-order valence-corrected chi connectivity index (χ0v) is 17.5. The zero-order valence-electron chi connectivity index (χ0n) is 17.5. The maximum atomic E-state index is 12.7. The van der Waals surface area contributed by atoms with Gasteiger partial charge in [-0.2, -0.15) is 0 Å². The van der Waals surface area contributed by atoms with Crippen LogP contribution in [0.1, 0.15) is 65.0 Å². The van der Waals surface area contributed by atoms with Gasteiger partial charge >= 0.3 is 5.69 Å². The van der Waals surface area contributed by atoms with Crippen molar-refractivity contribution in [1.82, 2.24) is 14.1 Å². The van der Waals surface area contributed by atoms with Gasteiger partial charge in [0.05, 0.1) is 11.2 Å². The lowest BCUT2D eigenvalue weighted by molar-refractivity contribution is -0.121. The van der Waals surface area contributed by atoms with E-state index in [0.29, 0.717) is 24.2 Å². The second-order valence-electron chi connectivity index (χ2n) is 9.84. The van der Waals surface area contributed by atoms with E-state index in [0.717, 1.165) is 55.4 Å². The van der Waals surface area contributed by atoms with Crippen LogP contribution >= 0.6 is 0 Å². The number of rotatable bonds is 5. The lowest BCUT2D eigenvalue weighted by Crippen LogP contribution is -2.27. The molecule has 2 aliphatic carbocycles. The summed E-state index contributed by atoms with van der Waals surface area (Å²) < 4.78 is 3.49. The molecule has 2 heterocycles. The van der Waals surface area contributed by atoms with E-state index in [-0.39, 0.29) is 11.1 Å². The highest BCUT2D eigenvalue weighted by atomic mass is 16.1. The van der Waals surface area contributed by atoms with Gasteiger partial charge in [0.25, 0.3) is 0 Å². The highest BCUT2D eigenvalue weighted by molar-refractivity contribution is 5.83. The van der Waals surface area contributed by atoms with E-state index in [1.54, 1.807) is 11.6 Å². The van der Waals surface area contributed by atoms with E-state index in [9.17, 15) is 9.59 Å². The van der Waals surface area contributed by atoms with Gasteiger partial charge in [-0.25, -0.2) is 9.78 Å². The Kier molecular flexibility index (Phi) is 4.80. The van der Waals surface area contributed by atoms with E-state index in [1.165, 1.54) is 5.57 Å². The number of hydrogen-bond donors (Lipinski definition) is 0. The van der Waals surface area contributed by atoms with E-state index in [1.807, 2.05) is 16.7 Å². The van der Waals surface area contributed by atoms with E-state index in [4.69, 9.17) is 4.98 Å². The summed E-state index contributed by atoms with van der Waals surface area (Å²) in [6, 6.07) is 4.08. The molecule has 2 aliphatic rings. The van der Waals surface area contributed by atoms with Crippen molar-refractivity contribution >= 4 is 22.5 Å². The standard InChI is InChI=1S/C23H31N3O2/c1-23(2,3)14-26-19-12-11-18(24-21(19)25(4)22(26)28)16-7-5-15(6-8-16)13-20(27)17-9-10-17/h7,11-12,15,17H,5-6,8-10,13-14H2,1-4H3. The molecule has 0 bridgehead atoms. The summed E-state index contributed by atoms with van der Waals surface area (Å²) in [5, 5.41) is 0. The summed E-state index contributed by atoms with van der Waals surface area (Å²) in [5.74, 6) is 1.32. The van der Waals surface area contributed by atoms with Crippen molar-refractivity contribution in [3.63, 3.8) is 0 Å². The Morgan fingerprint density at radius 3 is 2.57 bits per heavy atom. The molecular formula is C23H31N3O2. The summed E-state index contributed by atoms with van der Waals surface area (Å²) in [6.07, 6.45) is 8.16. The number of allylic oxidation sites excluding steroid dienone is 2. The molecule has 0 spiro atoms. The molecule has 0 amide bonds. The number of hydrogen-bond acceptors (Lipinski definition) is 3. The van der Waals surface area contributed by atoms with Crippen molar-refractivity contribution in [3.8, 4) is 0 Å². The van der Waals surface area contributed by atoms with Crippen molar-refractivity contribution in [2.75, 3.05) is 0 Å². The number of carbonyl (C=O) groups is 1. The van der Waals surface area contributed by atoms with Gasteiger partial charge < -0.3 is 0 Å². The topological polar surface area (TPSA) is 56.9 Å². The zero-order chi connectivity index (χ0) is 20.1. The Hall–Kier alpha value is -2.17. The molecule has 0 aromatic carbocycles. The molecule has 0 N–H and O–H groups in total. The van der Waals surface area contributed by atoms with Gasteiger partial charge in [-0.1, -0.05) is 26.8 Å². The van der Waals surface area contributed by atoms with Crippen LogP contribution in [-0.4, -0.2) is 19.9 Å². The third-order valence-corrected chi connectivity index (χ3v) is 5.98. The molecule has 1 atom stereocenters. The highest BCUT2D eigenvalue weighted by Gasteiger charge is 2.31. The van der Waals surface area contributed by atoms with Crippen LogP contribution in [0.5, 0.6) is 0 Å². The minimum Gasteiger partial charge on any atom is -0.299 e. The Labute approximate surface area is 166 Å².